The van der Waals surface area contributed by atoms with Crippen LogP contribution in [0.3, 0.4) is 0 Å². The van der Waals surface area contributed by atoms with E-state index in [9.17, 15) is 8.78 Å². The molecule has 1 aromatic carbocycles. The molecule has 1 heterocycles. The predicted molar refractivity (Wildman–Crippen MR) is 80.6 cm³/mol. The van der Waals surface area contributed by atoms with Crippen molar-refractivity contribution in [1.29, 1.82) is 0 Å². The summed E-state index contributed by atoms with van der Waals surface area (Å²) in [6, 6.07) is 8.24. The van der Waals surface area contributed by atoms with Gasteiger partial charge in [-0.2, -0.15) is 8.78 Å². The van der Waals surface area contributed by atoms with E-state index in [1.54, 1.807) is 18.2 Å². The smallest absolute Gasteiger partial charge is 0.285 e. The molecule has 1 aliphatic heterocycles. The maximum absolute atomic E-state index is 14.6. The molecule has 0 unspecified atom stereocenters. The van der Waals surface area contributed by atoms with Gasteiger partial charge in [0.2, 0.25) is 0 Å². The number of rotatable bonds is 3. The molecule has 0 amide bonds. The van der Waals surface area contributed by atoms with Crippen LogP contribution in [-0.4, -0.2) is 36.6 Å². The highest BCUT2D eigenvalue weighted by atomic mass is 19.3. The summed E-state index contributed by atoms with van der Waals surface area (Å²) in [6.45, 7) is 2.24. The van der Waals surface area contributed by atoms with E-state index < -0.39 is 5.92 Å². The first kappa shape index (κ1) is 14.9. The fourth-order valence-corrected chi connectivity index (χ4v) is 3.85. The van der Waals surface area contributed by atoms with Crippen LogP contribution in [0.5, 0.6) is 0 Å². The molecule has 21 heavy (non-hydrogen) atoms. The molecule has 116 valence electrons. The Balaban J connectivity index is 1.78. The molecule has 1 saturated heterocycles. The number of nitrogens with one attached hydrogen (secondary N) is 1. The van der Waals surface area contributed by atoms with Crippen molar-refractivity contribution in [3.8, 4) is 0 Å². The molecular formula is C17H24F2N2. The van der Waals surface area contributed by atoms with E-state index >= 15 is 0 Å². The van der Waals surface area contributed by atoms with Crippen LogP contribution in [0, 0.1) is 0 Å². The van der Waals surface area contributed by atoms with Gasteiger partial charge in [0.1, 0.15) is 0 Å². The minimum absolute atomic E-state index is 0.0469. The number of piperazine rings is 1. The number of nitrogens with zero attached hydrogens (tertiary/aromatic N) is 1. The molecule has 4 heteroatoms. The van der Waals surface area contributed by atoms with Crippen molar-refractivity contribution in [2.45, 2.75) is 43.6 Å². The highest BCUT2D eigenvalue weighted by Gasteiger charge is 2.44. The van der Waals surface area contributed by atoms with E-state index in [2.05, 4.69) is 10.2 Å². The zero-order chi connectivity index (χ0) is 14.8. The summed E-state index contributed by atoms with van der Waals surface area (Å²) < 4.78 is 29.2. The monoisotopic (exact) mass is 294 g/mol. The molecule has 2 fully saturated rings. The van der Waals surface area contributed by atoms with Crippen LogP contribution in [0.15, 0.2) is 30.3 Å². The average molecular weight is 294 g/mol. The molecule has 1 aliphatic carbocycles. The summed E-state index contributed by atoms with van der Waals surface area (Å²) in [7, 11) is 0. The maximum atomic E-state index is 14.6. The average Bonchev–Trinajstić information content (AvgIpc) is 2.51. The second-order valence-electron chi connectivity index (χ2n) is 6.45. The van der Waals surface area contributed by atoms with Crippen molar-refractivity contribution < 1.29 is 8.78 Å². The van der Waals surface area contributed by atoms with Crippen LogP contribution in [0.4, 0.5) is 8.78 Å². The van der Waals surface area contributed by atoms with Gasteiger partial charge >= 0.3 is 0 Å². The van der Waals surface area contributed by atoms with Gasteiger partial charge in [-0.15, -0.1) is 0 Å². The minimum Gasteiger partial charge on any atom is -0.314 e. The van der Waals surface area contributed by atoms with E-state index in [-0.39, 0.29) is 17.6 Å². The Morgan fingerprint density at radius 2 is 1.81 bits per heavy atom. The molecule has 1 N–H and O–H groups in total. The lowest BCUT2D eigenvalue weighted by molar-refractivity contribution is -0.0833. The number of alkyl halides is 2. The molecule has 1 aromatic rings. The Labute approximate surface area is 125 Å². The minimum atomic E-state index is -2.77. The van der Waals surface area contributed by atoms with E-state index in [1.165, 1.54) is 18.6 Å². The quantitative estimate of drug-likeness (QED) is 0.919. The molecule has 1 saturated carbocycles. The van der Waals surface area contributed by atoms with E-state index in [1.807, 2.05) is 0 Å². The van der Waals surface area contributed by atoms with Crippen molar-refractivity contribution in [2.75, 3.05) is 26.2 Å². The summed E-state index contributed by atoms with van der Waals surface area (Å²) in [4.78, 5) is 2.07. The number of benzene rings is 1. The second kappa shape index (κ2) is 6.01. The number of halogens is 2. The molecule has 0 aromatic heterocycles. The van der Waals surface area contributed by atoms with Crippen molar-refractivity contribution >= 4 is 0 Å². The van der Waals surface area contributed by atoms with Gasteiger partial charge in [0.15, 0.2) is 0 Å². The SMILES string of the molecule is FC(F)(CN1CCNCC12CCCCC2)c1ccccc1. The zero-order valence-corrected chi connectivity index (χ0v) is 12.5. The van der Waals surface area contributed by atoms with E-state index in [4.69, 9.17) is 0 Å². The summed E-state index contributed by atoms with van der Waals surface area (Å²) in [5.41, 5.74) is 0.0869. The maximum Gasteiger partial charge on any atom is 0.285 e. The highest BCUT2D eigenvalue weighted by Crippen LogP contribution is 2.38. The van der Waals surface area contributed by atoms with Crippen LogP contribution >= 0.6 is 0 Å². The van der Waals surface area contributed by atoms with Gasteiger partial charge in [-0.3, -0.25) is 4.90 Å². The standard InChI is InChI=1S/C17H24F2N2/c18-17(19,15-7-3-1-4-8-15)14-21-12-11-20-13-16(21)9-5-2-6-10-16/h1,3-4,7-8,20H,2,5-6,9-14H2. The molecule has 0 radical (unpaired) electrons. The Bertz CT molecular complexity index is 447. The Hall–Kier alpha value is -1.00. The van der Waals surface area contributed by atoms with Gasteiger partial charge < -0.3 is 5.32 Å². The fraction of sp³-hybridized carbons (Fsp3) is 0.647. The number of hydrogen-bond acceptors (Lipinski definition) is 2. The molecular weight excluding hydrogens is 270 g/mol. The summed E-state index contributed by atoms with van der Waals surface area (Å²) in [6.07, 6.45) is 5.66. The third-order valence-corrected chi connectivity index (χ3v) is 5.05. The van der Waals surface area contributed by atoms with Crippen molar-refractivity contribution in [3.63, 3.8) is 0 Å². The lowest BCUT2D eigenvalue weighted by Crippen LogP contribution is -2.63. The molecule has 2 aliphatic rings. The van der Waals surface area contributed by atoms with Crippen molar-refractivity contribution in [1.82, 2.24) is 10.2 Å². The van der Waals surface area contributed by atoms with Gasteiger partial charge in [-0.1, -0.05) is 49.6 Å². The van der Waals surface area contributed by atoms with Crippen molar-refractivity contribution in [3.05, 3.63) is 35.9 Å². The Morgan fingerprint density at radius 1 is 1.10 bits per heavy atom. The predicted octanol–water partition coefficient (Wildman–Crippen LogP) is 3.39. The van der Waals surface area contributed by atoms with E-state index in [0.29, 0.717) is 0 Å². The van der Waals surface area contributed by atoms with Crippen LogP contribution in [0.2, 0.25) is 0 Å². The highest BCUT2D eigenvalue weighted by molar-refractivity contribution is 5.20. The zero-order valence-electron chi connectivity index (χ0n) is 12.5. The molecule has 2 nitrogen and oxygen atoms in total. The third kappa shape index (κ3) is 3.11. The van der Waals surface area contributed by atoms with Gasteiger partial charge in [-0.25, -0.2) is 0 Å². The molecule has 0 bridgehead atoms. The summed E-state index contributed by atoms with van der Waals surface area (Å²) >= 11 is 0. The number of hydrogen-bond donors (Lipinski definition) is 1. The molecule has 1 spiro atoms. The third-order valence-electron chi connectivity index (χ3n) is 5.05. The van der Waals surface area contributed by atoms with Crippen LogP contribution in [0.1, 0.15) is 37.7 Å². The van der Waals surface area contributed by atoms with Gasteiger partial charge in [0.05, 0.1) is 6.54 Å². The topological polar surface area (TPSA) is 15.3 Å². The Kier molecular flexibility index (Phi) is 4.27. The first-order chi connectivity index (χ1) is 10.1. The molecule has 3 rings (SSSR count). The van der Waals surface area contributed by atoms with Crippen LogP contribution in [0.25, 0.3) is 0 Å². The fourth-order valence-electron chi connectivity index (χ4n) is 3.85. The summed E-state index contributed by atoms with van der Waals surface area (Å²) in [5, 5.41) is 3.41. The lowest BCUT2D eigenvalue weighted by atomic mass is 9.78. The van der Waals surface area contributed by atoms with Crippen LogP contribution < -0.4 is 5.32 Å². The van der Waals surface area contributed by atoms with Crippen LogP contribution in [-0.2, 0) is 5.92 Å². The van der Waals surface area contributed by atoms with Gasteiger partial charge in [0, 0.05) is 30.7 Å². The van der Waals surface area contributed by atoms with Crippen molar-refractivity contribution in [2.24, 2.45) is 0 Å². The lowest BCUT2D eigenvalue weighted by Gasteiger charge is -2.50. The van der Waals surface area contributed by atoms with Gasteiger partial charge in [0.25, 0.3) is 5.92 Å². The largest absolute Gasteiger partial charge is 0.314 e. The molecule has 0 atom stereocenters. The summed E-state index contributed by atoms with van der Waals surface area (Å²) in [5.74, 6) is -2.77. The normalized spacial score (nSPS) is 23.3. The van der Waals surface area contributed by atoms with E-state index in [0.717, 1.165) is 45.3 Å². The first-order valence-corrected chi connectivity index (χ1v) is 8.02. The second-order valence-corrected chi connectivity index (χ2v) is 6.45. The van der Waals surface area contributed by atoms with Gasteiger partial charge in [-0.05, 0) is 12.8 Å². The first-order valence-electron chi connectivity index (χ1n) is 8.02. The Morgan fingerprint density at radius 3 is 2.52 bits per heavy atom.